The van der Waals surface area contributed by atoms with Crippen LogP contribution in [0.25, 0.3) is 0 Å². The van der Waals surface area contributed by atoms with E-state index in [-0.39, 0.29) is 6.42 Å². The van der Waals surface area contributed by atoms with Crippen molar-refractivity contribution in [2.75, 3.05) is 6.16 Å². The van der Waals surface area contributed by atoms with Gasteiger partial charge in [-0.25, -0.2) is 9.79 Å². The summed E-state index contributed by atoms with van der Waals surface area (Å²) < 4.78 is 0. The van der Waals surface area contributed by atoms with Gasteiger partial charge in [-0.15, -0.1) is 0 Å². The van der Waals surface area contributed by atoms with E-state index in [1.807, 2.05) is 0 Å². The number of nitrogens with one attached hydrogen (secondary N) is 3. The minimum absolute atomic E-state index is 0.0285. The number of primary amides is 1. The summed E-state index contributed by atoms with van der Waals surface area (Å²) in [4.78, 5) is 80.8. The van der Waals surface area contributed by atoms with E-state index in [1.165, 1.54) is 13.8 Å². The monoisotopic (exact) mass is 499 g/mol. The molecule has 8 N–H and O–H groups in total. The van der Waals surface area contributed by atoms with Crippen LogP contribution in [0.15, 0.2) is 30.3 Å². The van der Waals surface area contributed by atoms with Crippen molar-refractivity contribution in [3.8, 4) is 0 Å². The standard InChI is InChI=1S/C21H31N4O8P/c1-12(20(30)23-13(2)19(22)29)11-34(32,33)17(9-15-7-5-4-6-8-15)25-21(31)16(10-18(27)28)24-14(3)26/h4-8,12-13,16-17,32-33H,9-11H2,1-3H3,(H5-,22,23,24,25,26,27,28,29,30,31)/p+1/t12-,13+,16+,17-/m1/s1. The van der Waals surface area contributed by atoms with Gasteiger partial charge in [0.15, 0.2) is 5.78 Å². The highest BCUT2D eigenvalue weighted by atomic mass is 31.2. The molecule has 0 saturated heterocycles. The summed E-state index contributed by atoms with van der Waals surface area (Å²) in [5.74, 6) is -6.50. The third-order valence-corrected chi connectivity index (χ3v) is 7.32. The molecular weight excluding hydrogens is 467 g/mol. The van der Waals surface area contributed by atoms with E-state index in [2.05, 4.69) is 16.0 Å². The van der Waals surface area contributed by atoms with Crippen LogP contribution in [-0.2, 0) is 30.4 Å². The summed E-state index contributed by atoms with van der Waals surface area (Å²) in [6.45, 7) is 3.93. The van der Waals surface area contributed by atoms with Gasteiger partial charge in [-0.3, -0.25) is 24.0 Å². The summed E-state index contributed by atoms with van der Waals surface area (Å²) in [7, 11) is -4.03. The van der Waals surface area contributed by atoms with Crippen molar-refractivity contribution >= 4 is 37.3 Å². The zero-order valence-electron chi connectivity index (χ0n) is 19.2. The highest BCUT2D eigenvalue weighted by Gasteiger charge is 2.48. The van der Waals surface area contributed by atoms with Crippen LogP contribution in [0.5, 0.6) is 0 Å². The van der Waals surface area contributed by atoms with Gasteiger partial charge < -0.3 is 26.8 Å². The first kappa shape index (κ1) is 29.0. The Morgan fingerprint density at radius 3 is 2.06 bits per heavy atom. The minimum atomic E-state index is -4.03. The molecule has 4 amide bonds. The molecule has 4 atom stereocenters. The van der Waals surface area contributed by atoms with E-state index in [4.69, 9.17) is 10.8 Å². The quantitative estimate of drug-likeness (QED) is 0.169. The summed E-state index contributed by atoms with van der Waals surface area (Å²) in [6.07, 6.45) is -1.17. The predicted molar refractivity (Wildman–Crippen MR) is 124 cm³/mol. The number of rotatable bonds is 13. The number of hydrogen-bond donors (Lipinski definition) is 7. The largest absolute Gasteiger partial charge is 0.481 e. The Morgan fingerprint density at radius 2 is 1.56 bits per heavy atom. The molecule has 0 aromatic heterocycles. The molecule has 0 fully saturated rings. The average Bonchev–Trinajstić information content (AvgIpc) is 2.72. The lowest BCUT2D eigenvalue weighted by molar-refractivity contribution is -0.140. The van der Waals surface area contributed by atoms with E-state index in [9.17, 15) is 33.8 Å². The lowest BCUT2D eigenvalue weighted by atomic mass is 10.1. The zero-order chi connectivity index (χ0) is 26.1. The second-order valence-electron chi connectivity index (χ2n) is 8.07. The summed E-state index contributed by atoms with van der Waals surface area (Å²) in [6, 6.07) is 6.19. The van der Waals surface area contributed by atoms with Crippen molar-refractivity contribution in [1.82, 2.24) is 16.0 Å². The van der Waals surface area contributed by atoms with Crippen LogP contribution >= 0.6 is 7.72 Å². The highest BCUT2D eigenvalue weighted by Crippen LogP contribution is 2.56. The van der Waals surface area contributed by atoms with Crippen molar-refractivity contribution < 1.29 is 38.9 Å². The Morgan fingerprint density at radius 1 is 0.971 bits per heavy atom. The second-order valence-corrected chi connectivity index (χ2v) is 10.6. The number of carboxylic acids is 1. The normalized spacial score (nSPS) is 14.7. The molecule has 1 aromatic rings. The van der Waals surface area contributed by atoms with E-state index in [1.54, 1.807) is 30.3 Å². The van der Waals surface area contributed by atoms with Crippen LogP contribution in [0.4, 0.5) is 0 Å². The zero-order valence-corrected chi connectivity index (χ0v) is 20.1. The van der Waals surface area contributed by atoms with Crippen molar-refractivity contribution in [2.24, 2.45) is 11.7 Å². The number of carboxylic acid groups (broad SMARTS) is 1. The number of carbonyl (C=O) groups is 5. The first-order valence-electron chi connectivity index (χ1n) is 10.5. The first-order valence-corrected chi connectivity index (χ1v) is 12.4. The van der Waals surface area contributed by atoms with Crippen LogP contribution in [0, 0.1) is 5.92 Å². The SMILES string of the molecule is CC(=O)N[C@@H](CC(=O)O)C(=O)N[C@@H](Cc1ccccc1)[P+](O)(O)C[C@@H](C)C(=O)N[C@@H](C)C(N)=O. The van der Waals surface area contributed by atoms with Crippen LogP contribution in [-0.4, -0.2) is 68.5 Å². The Hall–Kier alpha value is -3.08. The third kappa shape index (κ3) is 9.82. The summed E-state index contributed by atoms with van der Waals surface area (Å²) in [5.41, 5.74) is 5.78. The Bertz CT molecular complexity index is 880. The Labute approximate surface area is 197 Å². The van der Waals surface area contributed by atoms with Gasteiger partial charge in [-0.1, -0.05) is 30.3 Å². The number of aliphatic carboxylic acids is 1. The maximum absolute atomic E-state index is 12.8. The van der Waals surface area contributed by atoms with E-state index < -0.39 is 73.7 Å². The maximum Gasteiger partial charge on any atom is 0.305 e. The molecule has 1 rings (SSSR count). The van der Waals surface area contributed by atoms with Crippen molar-refractivity contribution in [3.05, 3.63) is 35.9 Å². The smallest absolute Gasteiger partial charge is 0.305 e. The average molecular weight is 499 g/mol. The molecule has 188 valence electrons. The topological polar surface area (TPSA) is 208 Å². The van der Waals surface area contributed by atoms with Gasteiger partial charge >= 0.3 is 5.97 Å². The van der Waals surface area contributed by atoms with E-state index in [0.29, 0.717) is 5.56 Å². The molecule has 0 spiro atoms. The Kier molecular flexibility index (Phi) is 11.0. The molecule has 1 aromatic carbocycles. The fourth-order valence-corrected chi connectivity index (χ4v) is 5.14. The number of amides is 4. The molecule has 0 unspecified atom stereocenters. The molecule has 0 bridgehead atoms. The van der Waals surface area contributed by atoms with Gasteiger partial charge in [0.25, 0.3) is 7.72 Å². The first-order chi connectivity index (χ1) is 15.7. The number of benzene rings is 1. The van der Waals surface area contributed by atoms with Crippen LogP contribution in [0.3, 0.4) is 0 Å². The lowest BCUT2D eigenvalue weighted by Crippen LogP contribution is -2.51. The molecule has 34 heavy (non-hydrogen) atoms. The van der Waals surface area contributed by atoms with E-state index in [0.717, 1.165) is 6.92 Å². The van der Waals surface area contributed by atoms with Crippen molar-refractivity contribution in [3.63, 3.8) is 0 Å². The van der Waals surface area contributed by atoms with Crippen molar-refractivity contribution in [2.45, 2.75) is 51.5 Å². The molecule has 0 radical (unpaired) electrons. The van der Waals surface area contributed by atoms with Gasteiger partial charge in [-0.2, -0.15) is 0 Å². The maximum atomic E-state index is 12.8. The molecule has 12 nitrogen and oxygen atoms in total. The fourth-order valence-electron chi connectivity index (χ4n) is 3.07. The molecule has 0 aliphatic heterocycles. The van der Waals surface area contributed by atoms with Gasteiger partial charge in [0.1, 0.15) is 18.2 Å². The number of hydrogen-bond acceptors (Lipinski definition) is 7. The third-order valence-electron chi connectivity index (χ3n) is 4.93. The highest BCUT2D eigenvalue weighted by molar-refractivity contribution is 7.65. The molecule has 13 heteroatoms. The number of nitrogens with two attached hydrogens (primary N) is 1. The van der Waals surface area contributed by atoms with Gasteiger partial charge in [0.2, 0.25) is 23.6 Å². The summed E-state index contributed by atoms with van der Waals surface area (Å²) in [5, 5.41) is 16.1. The molecule has 0 saturated carbocycles. The van der Waals surface area contributed by atoms with Crippen LogP contribution in [0.1, 0.15) is 32.8 Å². The van der Waals surface area contributed by atoms with Crippen LogP contribution in [0.2, 0.25) is 0 Å². The van der Waals surface area contributed by atoms with Gasteiger partial charge in [0, 0.05) is 13.3 Å². The second kappa shape index (κ2) is 13.0. The van der Waals surface area contributed by atoms with Gasteiger partial charge in [-0.05, 0) is 19.4 Å². The molecule has 0 heterocycles. The molecule has 0 aliphatic rings. The molecular formula is C21H32N4O8P+. The predicted octanol–water partition coefficient (Wildman–Crippen LogP) is -0.891. The lowest BCUT2D eigenvalue weighted by Gasteiger charge is -2.27. The van der Waals surface area contributed by atoms with Gasteiger partial charge in [0.05, 0.1) is 12.3 Å². The minimum Gasteiger partial charge on any atom is -0.481 e. The van der Waals surface area contributed by atoms with Crippen molar-refractivity contribution in [1.29, 1.82) is 0 Å². The van der Waals surface area contributed by atoms with Crippen LogP contribution < -0.4 is 21.7 Å². The fraction of sp³-hybridized carbons (Fsp3) is 0.476. The molecule has 0 aliphatic carbocycles. The number of carbonyl (C=O) groups excluding carboxylic acids is 4. The van der Waals surface area contributed by atoms with E-state index >= 15 is 0 Å². The Balaban J connectivity index is 3.12. The summed E-state index contributed by atoms with van der Waals surface area (Å²) >= 11 is 0.